The summed E-state index contributed by atoms with van der Waals surface area (Å²) in [5, 5.41) is 0. The van der Waals surface area contributed by atoms with Crippen LogP contribution in [0.5, 0.6) is 0 Å². The van der Waals surface area contributed by atoms with Gasteiger partial charge in [-0.3, -0.25) is 0 Å². The molecule has 154 valence electrons. The summed E-state index contributed by atoms with van der Waals surface area (Å²) in [6.45, 7) is 3.24. The summed E-state index contributed by atoms with van der Waals surface area (Å²) < 4.78 is 4.72. The van der Waals surface area contributed by atoms with Crippen LogP contribution in [-0.2, 0) is 4.74 Å². The molecule has 0 aliphatic heterocycles. The van der Waals surface area contributed by atoms with Crippen LogP contribution in [0.15, 0.2) is 0 Å². The summed E-state index contributed by atoms with van der Waals surface area (Å²) in [5.74, 6) is 3.09. The molecule has 0 saturated heterocycles. The zero-order valence-corrected chi connectivity index (χ0v) is 22.4. The molecule has 0 spiro atoms. The summed E-state index contributed by atoms with van der Waals surface area (Å²) in [5.41, 5.74) is 0. The van der Waals surface area contributed by atoms with E-state index in [0.717, 1.165) is 30.8 Å². The highest BCUT2D eigenvalue weighted by molar-refractivity contribution is 9.72. The Balaban J connectivity index is 1.53. The Morgan fingerprint density at radius 2 is 1.38 bits per heavy atom. The molecule has 0 atom stereocenters. The van der Waals surface area contributed by atoms with Gasteiger partial charge in [-0.25, -0.2) is 0 Å². The van der Waals surface area contributed by atoms with Crippen LogP contribution in [0, 0.1) is 17.8 Å². The van der Waals surface area contributed by atoms with Gasteiger partial charge in [-0.05, 0) is 68.7 Å². The predicted molar refractivity (Wildman–Crippen MR) is 128 cm³/mol. The molecule has 2 saturated carbocycles. The molecule has 0 heterocycles. The van der Waals surface area contributed by atoms with E-state index >= 15 is 0 Å². The maximum absolute atomic E-state index is 6.15. The van der Waals surface area contributed by atoms with Gasteiger partial charge >= 0.3 is 0 Å². The highest BCUT2D eigenvalue weighted by atomic mass is 80.0. The van der Waals surface area contributed by atoms with Crippen molar-refractivity contribution in [3.05, 3.63) is 0 Å². The lowest BCUT2D eigenvalue weighted by atomic mass is 9.70. The Bertz CT molecular complexity index is 359. The van der Waals surface area contributed by atoms with E-state index < -0.39 is 3.93 Å². The molecule has 2 aliphatic rings. The number of rotatable bonds is 11. The third-order valence-corrected chi connectivity index (χ3v) is 11.2. The molecule has 2 fully saturated rings. The Hall–Kier alpha value is 1.62. The number of hydrogen-bond donors (Lipinski definition) is 0. The monoisotopic (exact) mass is 572 g/mol. The molecule has 5 heteroatoms. The van der Waals surface area contributed by atoms with Gasteiger partial charge in [-0.15, -0.1) is 0 Å². The molecule has 2 aliphatic carbocycles. The van der Waals surface area contributed by atoms with Crippen molar-refractivity contribution in [1.82, 2.24) is 0 Å². The van der Waals surface area contributed by atoms with Crippen LogP contribution >= 0.6 is 45.9 Å². The van der Waals surface area contributed by atoms with E-state index in [1.807, 2.05) is 0 Å². The van der Waals surface area contributed by atoms with Crippen LogP contribution < -0.4 is 0 Å². The van der Waals surface area contributed by atoms with E-state index in [1.54, 1.807) is 0 Å². The van der Waals surface area contributed by atoms with Gasteiger partial charge in [0, 0.05) is 6.61 Å². The van der Waals surface area contributed by atoms with Crippen molar-refractivity contribution in [1.29, 1.82) is 0 Å². The first-order valence-corrected chi connectivity index (χ1v) is 20.1. The van der Waals surface area contributed by atoms with Gasteiger partial charge in [0.15, 0.2) is 0 Å². The standard InChI is InChI=1S/C21H39Br3OSi/c1-2-3-4-5-7-18-8-10-19(11-9-18)20-12-14-21(15-13-20)25-16-6-17-26(22,23)24/h18-21H,2-17H2,1H3. The summed E-state index contributed by atoms with van der Waals surface area (Å²) in [6.07, 6.45) is 20.5. The van der Waals surface area contributed by atoms with Crippen LogP contribution in [0.3, 0.4) is 0 Å². The van der Waals surface area contributed by atoms with Gasteiger partial charge < -0.3 is 4.74 Å². The van der Waals surface area contributed by atoms with Gasteiger partial charge in [0.05, 0.1) is 6.10 Å². The summed E-state index contributed by atoms with van der Waals surface area (Å²) >= 11 is 11.1. The normalized spacial score (nSPS) is 30.5. The van der Waals surface area contributed by atoms with Crippen molar-refractivity contribution in [2.75, 3.05) is 6.61 Å². The summed E-state index contributed by atoms with van der Waals surface area (Å²) in [6, 6.07) is 1.17. The van der Waals surface area contributed by atoms with Crippen molar-refractivity contribution in [2.24, 2.45) is 17.8 Å². The maximum atomic E-state index is 6.15. The van der Waals surface area contributed by atoms with Crippen LogP contribution in [0.2, 0.25) is 6.04 Å². The highest BCUT2D eigenvalue weighted by Gasteiger charge is 2.31. The lowest BCUT2D eigenvalue weighted by Gasteiger charge is -2.38. The fourth-order valence-corrected chi connectivity index (χ4v) is 8.13. The predicted octanol–water partition coefficient (Wildman–Crippen LogP) is 8.85. The van der Waals surface area contributed by atoms with Gasteiger partial charge in [-0.2, -0.15) is 0 Å². The van der Waals surface area contributed by atoms with E-state index in [0.29, 0.717) is 6.10 Å². The average Bonchev–Trinajstić information content (AvgIpc) is 2.63. The van der Waals surface area contributed by atoms with Crippen molar-refractivity contribution in [3.63, 3.8) is 0 Å². The second-order valence-corrected chi connectivity index (χ2v) is 32.2. The van der Waals surface area contributed by atoms with Crippen molar-refractivity contribution in [2.45, 2.75) is 109 Å². The Morgan fingerprint density at radius 1 is 0.769 bits per heavy atom. The fraction of sp³-hybridized carbons (Fsp3) is 1.00. The maximum Gasteiger partial charge on any atom is 0.267 e. The third kappa shape index (κ3) is 9.89. The number of halogens is 3. The van der Waals surface area contributed by atoms with Crippen LogP contribution in [-0.4, -0.2) is 16.6 Å². The molecule has 0 aromatic rings. The molecule has 26 heavy (non-hydrogen) atoms. The first-order chi connectivity index (χ1) is 12.5. The van der Waals surface area contributed by atoms with Crippen LogP contribution in [0.4, 0.5) is 0 Å². The van der Waals surface area contributed by atoms with E-state index in [1.165, 1.54) is 89.5 Å². The first-order valence-electron chi connectivity index (χ1n) is 11.2. The van der Waals surface area contributed by atoms with E-state index in [2.05, 4.69) is 52.8 Å². The molecule has 2 rings (SSSR count). The molecule has 0 radical (unpaired) electrons. The van der Waals surface area contributed by atoms with Gasteiger partial charge in [0.1, 0.15) is 0 Å². The van der Waals surface area contributed by atoms with Gasteiger partial charge in [0.25, 0.3) is 3.93 Å². The summed E-state index contributed by atoms with van der Waals surface area (Å²) in [7, 11) is 0. The molecule has 0 unspecified atom stereocenters. The Kier molecular flexibility index (Phi) is 12.0. The molecule has 0 N–H and O–H groups in total. The first kappa shape index (κ1) is 23.9. The van der Waals surface area contributed by atoms with Crippen LogP contribution in [0.1, 0.15) is 96.8 Å². The van der Waals surface area contributed by atoms with E-state index in [-0.39, 0.29) is 0 Å². The van der Waals surface area contributed by atoms with Gasteiger partial charge in [-0.1, -0.05) is 97.7 Å². The van der Waals surface area contributed by atoms with Crippen LogP contribution in [0.25, 0.3) is 0 Å². The quantitative estimate of drug-likeness (QED) is 0.136. The molecular formula is C21H39Br3OSi. The van der Waals surface area contributed by atoms with Gasteiger partial charge in [0.2, 0.25) is 0 Å². The van der Waals surface area contributed by atoms with E-state index in [4.69, 9.17) is 4.74 Å². The molecule has 0 aromatic carbocycles. The second-order valence-electron chi connectivity index (χ2n) is 8.76. The molecular weight excluding hydrogens is 536 g/mol. The average molecular weight is 575 g/mol. The Labute approximate surface area is 186 Å². The summed E-state index contributed by atoms with van der Waals surface area (Å²) in [4.78, 5) is 0. The van der Waals surface area contributed by atoms with Crippen molar-refractivity contribution < 1.29 is 4.74 Å². The lowest BCUT2D eigenvalue weighted by Crippen LogP contribution is -2.29. The minimum Gasteiger partial charge on any atom is -0.378 e. The zero-order valence-electron chi connectivity index (χ0n) is 16.7. The third-order valence-electron chi connectivity index (χ3n) is 6.70. The lowest BCUT2D eigenvalue weighted by molar-refractivity contribution is 0.00728. The topological polar surface area (TPSA) is 9.23 Å². The zero-order chi connectivity index (χ0) is 18.8. The highest BCUT2D eigenvalue weighted by Crippen LogP contribution is 2.41. The number of hydrogen-bond acceptors (Lipinski definition) is 1. The van der Waals surface area contributed by atoms with Crippen molar-refractivity contribution >= 4 is 49.8 Å². The molecule has 0 amide bonds. The smallest absolute Gasteiger partial charge is 0.267 e. The SMILES string of the molecule is CCCCCCC1CCC(C2CCC(OCCC[Si](Br)(Br)Br)CC2)CC1. The minimum absolute atomic E-state index is 0.540. The largest absolute Gasteiger partial charge is 0.378 e. The minimum atomic E-state index is -1.44. The second kappa shape index (κ2) is 13.0. The number of unbranched alkanes of at least 4 members (excludes halogenated alkanes) is 3. The Morgan fingerprint density at radius 3 is 1.96 bits per heavy atom. The molecule has 0 aromatic heterocycles. The molecule has 0 bridgehead atoms. The fourth-order valence-electron chi connectivity index (χ4n) is 5.06. The van der Waals surface area contributed by atoms with Crippen molar-refractivity contribution in [3.8, 4) is 0 Å². The number of ether oxygens (including phenoxy) is 1. The van der Waals surface area contributed by atoms with E-state index in [9.17, 15) is 0 Å². The molecule has 1 nitrogen and oxygen atoms in total.